The zero-order chi connectivity index (χ0) is 34.7. The van der Waals surface area contributed by atoms with Crippen molar-refractivity contribution in [1.82, 2.24) is 0 Å². The van der Waals surface area contributed by atoms with Crippen molar-refractivity contribution in [2.75, 3.05) is 30.6 Å². The van der Waals surface area contributed by atoms with E-state index >= 15 is 8.78 Å². The summed E-state index contributed by atoms with van der Waals surface area (Å²) < 4.78 is 30.5. The van der Waals surface area contributed by atoms with Crippen molar-refractivity contribution in [3.05, 3.63) is 155 Å². The maximum Gasteiger partial charge on any atom is 0.128 e. The van der Waals surface area contributed by atoms with E-state index in [0.717, 1.165) is 66.2 Å². The third kappa shape index (κ3) is 5.66. The lowest BCUT2D eigenvalue weighted by atomic mass is 10.1. The van der Waals surface area contributed by atoms with Gasteiger partial charge in [0.2, 0.25) is 0 Å². The van der Waals surface area contributed by atoms with Crippen LogP contribution in [0.2, 0.25) is 0 Å². The molecule has 0 amide bonds. The first-order valence-electron chi connectivity index (χ1n) is 16.6. The lowest BCUT2D eigenvalue weighted by Gasteiger charge is -2.34. The van der Waals surface area contributed by atoms with Gasteiger partial charge in [-0.05, 0) is 123 Å². The fraction of sp³-hybridized carbons (Fsp3) is 0.163. The molecule has 246 valence electrons. The molecule has 6 heteroatoms. The Morgan fingerprint density at radius 1 is 0.469 bits per heavy atom. The molecule has 6 aromatic rings. The largest absolute Gasteiger partial charge is 0.349 e. The van der Waals surface area contributed by atoms with Crippen molar-refractivity contribution in [2.24, 2.45) is 0 Å². The minimum absolute atomic E-state index is 0.244. The summed E-state index contributed by atoms with van der Waals surface area (Å²) in [6.07, 6.45) is 0. The summed E-state index contributed by atoms with van der Waals surface area (Å²) in [6.45, 7) is 13.1. The number of halogens is 2. The summed E-state index contributed by atoms with van der Waals surface area (Å²) in [4.78, 5) is 2.31. The Balaban J connectivity index is 1.68. The molecule has 1 aliphatic rings. The van der Waals surface area contributed by atoms with Gasteiger partial charge >= 0.3 is 0 Å². The van der Waals surface area contributed by atoms with Gasteiger partial charge in [0.05, 0.1) is 36.1 Å². The van der Waals surface area contributed by atoms with Crippen molar-refractivity contribution < 1.29 is 8.78 Å². The molecule has 7 rings (SSSR count). The second-order valence-corrected chi connectivity index (χ2v) is 20.7. The molecular formula is C43H42F2N2P2+2. The number of anilines is 4. The van der Waals surface area contributed by atoms with Crippen molar-refractivity contribution in [1.29, 1.82) is 0 Å². The molecule has 0 aromatic heterocycles. The summed E-state index contributed by atoms with van der Waals surface area (Å²) in [5.74, 6) is -0.488. The minimum Gasteiger partial charge on any atom is -0.349 e. The van der Waals surface area contributed by atoms with Gasteiger partial charge in [0.1, 0.15) is 58.0 Å². The van der Waals surface area contributed by atoms with Gasteiger partial charge in [-0.15, -0.1) is 0 Å². The lowest BCUT2D eigenvalue weighted by Crippen LogP contribution is -2.38. The molecule has 49 heavy (non-hydrogen) atoms. The Bertz CT molecular complexity index is 2090. The first kappa shape index (κ1) is 33.2. The quantitative estimate of drug-likeness (QED) is 0.183. The van der Waals surface area contributed by atoms with Crippen LogP contribution < -0.4 is 42.0 Å². The number of hydrogen-bond acceptors (Lipinski definition) is 2. The molecule has 1 N–H and O–H groups in total. The zero-order valence-corrected chi connectivity index (χ0v) is 30.9. The minimum atomic E-state index is -2.49. The number of fused-ring (bicyclic) bond motifs is 4. The second kappa shape index (κ2) is 12.5. The summed E-state index contributed by atoms with van der Waals surface area (Å²) in [7, 11) is -2.83. The Kier molecular flexibility index (Phi) is 8.46. The van der Waals surface area contributed by atoms with Crippen LogP contribution in [0.5, 0.6) is 0 Å². The average Bonchev–Trinajstić information content (AvgIpc) is 3.07. The normalized spacial score (nSPS) is 18.6. The number of benzene rings is 6. The summed E-state index contributed by atoms with van der Waals surface area (Å²) in [5.41, 5.74) is 8.68. The van der Waals surface area contributed by atoms with Gasteiger partial charge in [-0.25, -0.2) is 8.78 Å². The Morgan fingerprint density at radius 2 is 0.857 bits per heavy atom. The van der Waals surface area contributed by atoms with Gasteiger partial charge in [0.25, 0.3) is 0 Å². The molecule has 0 bridgehead atoms. The van der Waals surface area contributed by atoms with E-state index < -0.39 is 14.5 Å². The zero-order valence-electron chi connectivity index (χ0n) is 29.1. The topological polar surface area (TPSA) is 15.3 Å². The van der Waals surface area contributed by atoms with Gasteiger partial charge in [-0.1, -0.05) is 36.4 Å². The fourth-order valence-corrected chi connectivity index (χ4v) is 14.8. The molecule has 0 saturated carbocycles. The smallest absolute Gasteiger partial charge is 0.128 e. The van der Waals surface area contributed by atoms with Gasteiger partial charge in [0.15, 0.2) is 0 Å². The third-order valence-electron chi connectivity index (χ3n) is 10.1. The maximum atomic E-state index is 15.2. The highest BCUT2D eigenvalue weighted by Gasteiger charge is 2.49. The number of aryl methyl sites for hydroxylation is 4. The molecule has 2 atom stereocenters. The summed E-state index contributed by atoms with van der Waals surface area (Å²) in [5, 5.41) is 10.6. The van der Waals surface area contributed by atoms with E-state index in [2.05, 4.69) is 143 Å². The van der Waals surface area contributed by atoms with Crippen molar-refractivity contribution in [3.63, 3.8) is 0 Å². The van der Waals surface area contributed by atoms with E-state index in [1.54, 1.807) is 12.1 Å². The van der Waals surface area contributed by atoms with E-state index in [1.165, 1.54) is 22.7 Å². The molecule has 2 unspecified atom stereocenters. The van der Waals surface area contributed by atoms with E-state index in [0.29, 0.717) is 0 Å². The SMILES string of the molecule is Cc1ccc2c(c1)Nc1cc(C)ccc1[P+](C)(c1cccc(F)c1)c1cc(C)ccc1N(C)c1ccc(C)cc1[P+]2(C)c1cccc(F)c1. The van der Waals surface area contributed by atoms with Crippen LogP contribution in [0.4, 0.5) is 31.5 Å². The van der Waals surface area contributed by atoms with E-state index in [-0.39, 0.29) is 11.6 Å². The molecule has 0 spiro atoms. The number of nitrogens with zero attached hydrogens (tertiary/aromatic N) is 1. The fourth-order valence-electron chi connectivity index (χ4n) is 7.43. The van der Waals surface area contributed by atoms with Gasteiger partial charge in [-0.2, -0.15) is 0 Å². The highest BCUT2D eigenvalue weighted by Crippen LogP contribution is 2.59. The molecule has 6 aromatic carbocycles. The molecule has 0 saturated heterocycles. The van der Waals surface area contributed by atoms with Crippen molar-refractivity contribution in [2.45, 2.75) is 27.7 Å². The Labute approximate surface area is 290 Å². The molecule has 0 aliphatic carbocycles. The van der Waals surface area contributed by atoms with Gasteiger partial charge < -0.3 is 10.2 Å². The predicted molar refractivity (Wildman–Crippen MR) is 212 cm³/mol. The van der Waals surface area contributed by atoms with Gasteiger partial charge in [-0.3, -0.25) is 0 Å². The van der Waals surface area contributed by atoms with Crippen LogP contribution in [0, 0.1) is 39.3 Å². The molecule has 0 fully saturated rings. The standard InChI is InChI=1S/C43H42F2N2P2/c1-28-16-20-40-36(22-28)46-37-23-29(2)17-21-41(37)49(7,35-13-9-11-33(45)27-35)43-25-31(4)15-19-39(43)47(5)38-18-14-30(3)24-42(38)48(40,6)34-12-8-10-32(44)26-34/h8-27,46H,1-7H3/q+2. The summed E-state index contributed by atoms with van der Waals surface area (Å²) in [6, 6.07) is 40.9. The number of hydrogen-bond donors (Lipinski definition) is 1. The van der Waals surface area contributed by atoms with Crippen LogP contribution >= 0.6 is 14.5 Å². The van der Waals surface area contributed by atoms with Crippen LogP contribution in [-0.4, -0.2) is 20.4 Å². The monoisotopic (exact) mass is 686 g/mol. The van der Waals surface area contributed by atoms with Crippen molar-refractivity contribution in [3.8, 4) is 0 Å². The molecular weight excluding hydrogens is 644 g/mol. The van der Waals surface area contributed by atoms with E-state index in [4.69, 9.17) is 0 Å². The molecule has 1 aliphatic heterocycles. The lowest BCUT2D eigenvalue weighted by molar-refractivity contribution is 0.628. The van der Waals surface area contributed by atoms with Crippen LogP contribution in [0.1, 0.15) is 22.3 Å². The Morgan fingerprint density at radius 3 is 1.27 bits per heavy atom. The third-order valence-corrected chi connectivity index (χ3v) is 18.1. The molecule has 2 nitrogen and oxygen atoms in total. The highest BCUT2D eigenvalue weighted by molar-refractivity contribution is 7.96. The van der Waals surface area contributed by atoms with Crippen LogP contribution in [0.15, 0.2) is 121 Å². The first-order valence-corrected chi connectivity index (χ1v) is 21.1. The first-order chi connectivity index (χ1) is 23.4. The molecule has 1 heterocycles. The number of nitrogens with one attached hydrogen (secondary N) is 1. The predicted octanol–water partition coefficient (Wildman–Crippen LogP) is 8.87. The van der Waals surface area contributed by atoms with Crippen LogP contribution in [0.25, 0.3) is 0 Å². The van der Waals surface area contributed by atoms with Crippen molar-refractivity contribution >= 4 is 69.1 Å². The van der Waals surface area contributed by atoms with E-state index in [1.807, 2.05) is 12.1 Å². The van der Waals surface area contributed by atoms with E-state index in [9.17, 15) is 0 Å². The van der Waals surface area contributed by atoms with Gasteiger partial charge in [0, 0.05) is 19.2 Å². The maximum absolute atomic E-state index is 15.2. The van der Waals surface area contributed by atoms with Crippen LogP contribution in [0.3, 0.4) is 0 Å². The Hall–Kier alpha value is -4.36. The summed E-state index contributed by atoms with van der Waals surface area (Å²) >= 11 is 0. The number of rotatable bonds is 2. The highest BCUT2D eigenvalue weighted by atomic mass is 31.2. The van der Waals surface area contributed by atoms with Crippen LogP contribution in [-0.2, 0) is 0 Å². The average molecular weight is 687 g/mol. The second-order valence-electron chi connectivity index (χ2n) is 13.7. The molecule has 0 radical (unpaired) electrons.